The summed E-state index contributed by atoms with van der Waals surface area (Å²) in [5, 5.41) is 0.134. The molecule has 0 aromatic heterocycles. The molecule has 0 atom stereocenters. The fourth-order valence-corrected chi connectivity index (χ4v) is 1.15. The molecule has 1 nitrogen and oxygen atoms in total. The van der Waals surface area contributed by atoms with Gasteiger partial charge < -0.3 is 0 Å². The van der Waals surface area contributed by atoms with E-state index in [-0.39, 0.29) is 16.7 Å². The van der Waals surface area contributed by atoms with E-state index in [1.807, 2.05) is 0 Å². The van der Waals surface area contributed by atoms with Gasteiger partial charge in [-0.3, -0.25) is 4.79 Å². The largest absolute Gasteiger partial charge is 0.409 e. The summed E-state index contributed by atoms with van der Waals surface area (Å²) >= 11 is 5.63. The molecule has 0 aliphatic carbocycles. The van der Waals surface area contributed by atoms with Crippen LogP contribution in [0.15, 0.2) is 36.4 Å². The molecule has 0 bridgehead atoms. The van der Waals surface area contributed by atoms with Gasteiger partial charge in [0.05, 0.1) is 5.02 Å². The molecule has 0 heterocycles. The van der Waals surface area contributed by atoms with E-state index in [0.717, 1.165) is 0 Å². The molecule has 0 unspecified atom stereocenters. The minimum absolute atomic E-state index is 0.0552. The average molecular weight is 235 g/mol. The van der Waals surface area contributed by atoms with Crippen LogP contribution in [0.4, 0.5) is 13.2 Å². The van der Waals surface area contributed by atoms with Crippen LogP contribution < -0.4 is 0 Å². The van der Waals surface area contributed by atoms with Crippen LogP contribution in [-0.2, 0) is 0 Å². The molecular weight excluding hydrogens is 229 g/mol. The second kappa shape index (κ2) is 4.49. The molecule has 1 rings (SSSR count). The SMILES string of the molecule is O=C(/C=C/C(F)(F)F)c1ccccc1Cl. The van der Waals surface area contributed by atoms with Crippen LogP contribution in [0, 0.1) is 0 Å². The van der Waals surface area contributed by atoms with Gasteiger partial charge in [-0.15, -0.1) is 0 Å². The van der Waals surface area contributed by atoms with Gasteiger partial charge in [0, 0.05) is 11.6 Å². The number of benzene rings is 1. The van der Waals surface area contributed by atoms with Crippen LogP contribution in [0.3, 0.4) is 0 Å². The Hall–Kier alpha value is -1.29. The van der Waals surface area contributed by atoms with Gasteiger partial charge in [0.2, 0.25) is 0 Å². The van der Waals surface area contributed by atoms with Crippen LogP contribution in [0.1, 0.15) is 10.4 Å². The minimum Gasteiger partial charge on any atom is -0.289 e. The summed E-state index contributed by atoms with van der Waals surface area (Å²) in [7, 11) is 0. The summed E-state index contributed by atoms with van der Waals surface area (Å²) in [6, 6.07) is 5.93. The van der Waals surface area contributed by atoms with Crippen LogP contribution in [0.2, 0.25) is 5.02 Å². The highest BCUT2D eigenvalue weighted by atomic mass is 35.5. The molecular formula is C10H6ClF3O. The van der Waals surface area contributed by atoms with Gasteiger partial charge in [-0.25, -0.2) is 0 Å². The van der Waals surface area contributed by atoms with Gasteiger partial charge >= 0.3 is 6.18 Å². The molecule has 0 radical (unpaired) electrons. The predicted molar refractivity (Wildman–Crippen MR) is 51.0 cm³/mol. The predicted octanol–water partition coefficient (Wildman–Crippen LogP) is 3.64. The third-order valence-corrected chi connectivity index (χ3v) is 1.89. The Balaban J connectivity index is 2.88. The fourth-order valence-electron chi connectivity index (χ4n) is 0.921. The zero-order valence-electron chi connectivity index (χ0n) is 7.38. The quantitative estimate of drug-likeness (QED) is 0.564. The smallest absolute Gasteiger partial charge is 0.289 e. The summed E-state index contributed by atoms with van der Waals surface area (Å²) in [4.78, 5) is 11.2. The lowest BCUT2D eigenvalue weighted by atomic mass is 10.1. The van der Waals surface area contributed by atoms with Gasteiger partial charge in [-0.2, -0.15) is 13.2 Å². The average Bonchev–Trinajstić information content (AvgIpc) is 2.14. The van der Waals surface area contributed by atoms with Crippen LogP contribution in [-0.4, -0.2) is 12.0 Å². The van der Waals surface area contributed by atoms with Crippen molar-refractivity contribution < 1.29 is 18.0 Å². The number of ketones is 1. The first-order chi connectivity index (χ1) is 6.90. The van der Waals surface area contributed by atoms with Gasteiger partial charge in [0.15, 0.2) is 5.78 Å². The molecule has 0 aliphatic rings. The molecule has 0 spiro atoms. The van der Waals surface area contributed by atoms with E-state index in [1.165, 1.54) is 18.2 Å². The molecule has 0 amide bonds. The summed E-state index contributed by atoms with van der Waals surface area (Å²) < 4.78 is 35.3. The number of hydrogen-bond donors (Lipinski definition) is 0. The van der Waals surface area contributed by atoms with Crippen LogP contribution in [0.5, 0.6) is 0 Å². The second-order valence-corrected chi connectivity index (χ2v) is 3.13. The molecule has 15 heavy (non-hydrogen) atoms. The molecule has 0 saturated carbocycles. The van der Waals surface area contributed by atoms with Crippen molar-refractivity contribution in [2.75, 3.05) is 0 Å². The van der Waals surface area contributed by atoms with Gasteiger partial charge in [0.25, 0.3) is 0 Å². The zero-order valence-corrected chi connectivity index (χ0v) is 8.14. The Morgan fingerprint density at radius 1 is 1.27 bits per heavy atom. The third kappa shape index (κ3) is 3.75. The maximum atomic E-state index is 11.8. The molecule has 5 heteroatoms. The topological polar surface area (TPSA) is 17.1 Å². The standard InChI is InChI=1S/C10H6ClF3O/c11-8-4-2-1-3-7(8)9(15)5-6-10(12,13)14/h1-6H/b6-5+. The molecule has 80 valence electrons. The van der Waals surface area contributed by atoms with E-state index >= 15 is 0 Å². The van der Waals surface area contributed by atoms with Crippen molar-refractivity contribution in [2.24, 2.45) is 0 Å². The lowest BCUT2D eigenvalue weighted by Crippen LogP contribution is -2.03. The number of carbonyl (C=O) groups is 1. The molecule has 1 aromatic rings. The van der Waals surface area contributed by atoms with Crippen molar-refractivity contribution >= 4 is 17.4 Å². The fraction of sp³-hybridized carbons (Fsp3) is 0.100. The van der Waals surface area contributed by atoms with Crippen molar-refractivity contribution in [3.63, 3.8) is 0 Å². The summed E-state index contributed by atoms with van der Waals surface area (Å²) in [6.07, 6.45) is -4.14. The van der Waals surface area contributed by atoms with Crippen molar-refractivity contribution in [3.8, 4) is 0 Å². The third-order valence-electron chi connectivity index (χ3n) is 1.56. The number of halogens is 4. The van der Waals surface area contributed by atoms with Crippen molar-refractivity contribution in [2.45, 2.75) is 6.18 Å². The maximum Gasteiger partial charge on any atom is 0.409 e. The number of hydrogen-bond acceptors (Lipinski definition) is 1. The van der Waals surface area contributed by atoms with Gasteiger partial charge in [0.1, 0.15) is 0 Å². The molecule has 1 aromatic carbocycles. The number of alkyl halides is 3. The highest BCUT2D eigenvalue weighted by Gasteiger charge is 2.22. The first-order valence-electron chi connectivity index (χ1n) is 3.95. The van der Waals surface area contributed by atoms with E-state index in [9.17, 15) is 18.0 Å². The minimum atomic E-state index is -4.49. The molecule has 0 N–H and O–H groups in total. The van der Waals surface area contributed by atoms with E-state index in [2.05, 4.69) is 0 Å². The van der Waals surface area contributed by atoms with Crippen LogP contribution in [0.25, 0.3) is 0 Å². The van der Waals surface area contributed by atoms with Crippen molar-refractivity contribution in [1.29, 1.82) is 0 Å². The first-order valence-corrected chi connectivity index (χ1v) is 4.33. The Morgan fingerprint density at radius 2 is 1.87 bits per heavy atom. The van der Waals surface area contributed by atoms with E-state index < -0.39 is 12.0 Å². The summed E-state index contributed by atoms with van der Waals surface area (Å²) in [5.41, 5.74) is 0.0552. The van der Waals surface area contributed by atoms with Crippen molar-refractivity contribution in [1.82, 2.24) is 0 Å². The van der Waals surface area contributed by atoms with Gasteiger partial charge in [-0.05, 0) is 18.2 Å². The van der Waals surface area contributed by atoms with E-state index in [1.54, 1.807) is 6.07 Å². The van der Waals surface area contributed by atoms with Crippen molar-refractivity contribution in [3.05, 3.63) is 47.0 Å². The Kier molecular flexibility index (Phi) is 3.52. The lowest BCUT2D eigenvalue weighted by molar-refractivity contribution is -0.0799. The highest BCUT2D eigenvalue weighted by Crippen LogP contribution is 2.19. The molecule has 0 fully saturated rings. The van der Waals surface area contributed by atoms with Crippen LogP contribution >= 0.6 is 11.6 Å². The van der Waals surface area contributed by atoms with E-state index in [4.69, 9.17) is 11.6 Å². The molecule has 0 aliphatic heterocycles. The zero-order chi connectivity index (χ0) is 11.5. The maximum absolute atomic E-state index is 11.8. The van der Waals surface area contributed by atoms with E-state index in [0.29, 0.717) is 6.08 Å². The number of carbonyl (C=O) groups excluding carboxylic acids is 1. The monoisotopic (exact) mass is 234 g/mol. The summed E-state index contributed by atoms with van der Waals surface area (Å²) in [6.45, 7) is 0. The number of rotatable bonds is 2. The first kappa shape index (κ1) is 11.8. The Bertz CT molecular complexity index is 396. The summed E-state index contributed by atoms with van der Waals surface area (Å²) in [5.74, 6) is -0.766. The highest BCUT2D eigenvalue weighted by molar-refractivity contribution is 6.34. The second-order valence-electron chi connectivity index (χ2n) is 2.72. The van der Waals surface area contributed by atoms with Gasteiger partial charge in [-0.1, -0.05) is 23.7 Å². The normalized spacial score (nSPS) is 12.0. The Labute approximate surface area is 89.2 Å². The molecule has 0 saturated heterocycles. The number of allylic oxidation sites excluding steroid dienone is 2. The Morgan fingerprint density at radius 3 is 2.40 bits per heavy atom. The lowest BCUT2D eigenvalue weighted by Gasteiger charge is -1.99.